The normalized spacial score (nSPS) is 17.5. The van der Waals surface area contributed by atoms with Gasteiger partial charge in [-0.1, -0.05) is 12.8 Å². The molecule has 1 N–H and O–H groups in total. The maximum atomic E-state index is 9.25. The molecule has 0 unspecified atom stereocenters. The number of aromatic nitrogens is 1. The van der Waals surface area contributed by atoms with Gasteiger partial charge in [-0.2, -0.15) is 0 Å². The summed E-state index contributed by atoms with van der Waals surface area (Å²) in [4.78, 5) is 6.42. The van der Waals surface area contributed by atoms with Gasteiger partial charge in [0.15, 0.2) is 0 Å². The van der Waals surface area contributed by atoms with Crippen LogP contribution >= 0.6 is 0 Å². The second kappa shape index (κ2) is 5.12. The third-order valence-electron chi connectivity index (χ3n) is 2.99. The Hall–Kier alpha value is -1.09. The van der Waals surface area contributed by atoms with E-state index in [1.165, 1.54) is 25.7 Å². The molecule has 3 heteroatoms. The molecule has 0 saturated carbocycles. The molecule has 1 saturated heterocycles. The summed E-state index contributed by atoms with van der Waals surface area (Å²) in [6.45, 7) is 2.30. The van der Waals surface area contributed by atoms with Crippen LogP contribution in [0.25, 0.3) is 0 Å². The third-order valence-corrected chi connectivity index (χ3v) is 2.99. The van der Waals surface area contributed by atoms with Gasteiger partial charge < -0.3 is 10.0 Å². The predicted molar refractivity (Wildman–Crippen MR) is 60.8 cm³/mol. The van der Waals surface area contributed by atoms with Crippen LogP contribution in [-0.4, -0.2) is 23.2 Å². The molecule has 1 aliphatic rings. The van der Waals surface area contributed by atoms with Crippen molar-refractivity contribution in [2.24, 2.45) is 0 Å². The highest BCUT2D eigenvalue weighted by Gasteiger charge is 2.12. The molecule has 0 aliphatic carbocycles. The van der Waals surface area contributed by atoms with Gasteiger partial charge in [-0.05, 0) is 18.9 Å². The molecule has 0 amide bonds. The second-order valence-corrected chi connectivity index (χ2v) is 4.06. The van der Waals surface area contributed by atoms with E-state index in [0.717, 1.165) is 24.3 Å². The van der Waals surface area contributed by atoms with Crippen LogP contribution in [0.1, 0.15) is 31.2 Å². The molecule has 1 aromatic heterocycles. The standard InChI is InChI=1S/C12H18N2O/c15-10-11-9-13-6-5-12(11)14-7-3-1-2-4-8-14/h5-6,9,15H,1-4,7-8,10H2. The van der Waals surface area contributed by atoms with Gasteiger partial charge >= 0.3 is 0 Å². The summed E-state index contributed by atoms with van der Waals surface area (Å²) >= 11 is 0. The highest BCUT2D eigenvalue weighted by atomic mass is 16.3. The Bertz CT molecular complexity index is 306. The van der Waals surface area contributed by atoms with Gasteiger partial charge in [0.2, 0.25) is 0 Å². The van der Waals surface area contributed by atoms with Crippen LogP contribution < -0.4 is 4.90 Å². The smallest absolute Gasteiger partial charge is 0.0717 e. The highest BCUT2D eigenvalue weighted by Crippen LogP contribution is 2.22. The first kappa shape index (κ1) is 10.4. The van der Waals surface area contributed by atoms with Crippen molar-refractivity contribution in [1.82, 2.24) is 4.98 Å². The molecule has 2 rings (SSSR count). The predicted octanol–water partition coefficient (Wildman–Crippen LogP) is 1.95. The molecule has 1 fully saturated rings. The van der Waals surface area contributed by atoms with Crippen LogP contribution in [0.2, 0.25) is 0 Å². The first-order chi connectivity index (χ1) is 7.42. The van der Waals surface area contributed by atoms with Gasteiger partial charge in [0.05, 0.1) is 6.61 Å². The maximum Gasteiger partial charge on any atom is 0.0717 e. The summed E-state index contributed by atoms with van der Waals surface area (Å²) in [6.07, 6.45) is 8.74. The Morgan fingerprint density at radius 2 is 1.93 bits per heavy atom. The van der Waals surface area contributed by atoms with Crippen molar-refractivity contribution >= 4 is 5.69 Å². The molecular weight excluding hydrogens is 188 g/mol. The molecule has 0 radical (unpaired) electrons. The first-order valence-electron chi connectivity index (χ1n) is 5.70. The van der Waals surface area contributed by atoms with E-state index in [9.17, 15) is 5.11 Å². The van der Waals surface area contributed by atoms with Crippen molar-refractivity contribution in [1.29, 1.82) is 0 Å². The molecule has 1 aliphatic heterocycles. The minimum atomic E-state index is 0.0830. The fraction of sp³-hybridized carbons (Fsp3) is 0.583. The zero-order valence-electron chi connectivity index (χ0n) is 9.02. The van der Waals surface area contributed by atoms with Crippen molar-refractivity contribution in [3.05, 3.63) is 24.0 Å². The molecule has 1 aromatic rings. The van der Waals surface area contributed by atoms with E-state index in [0.29, 0.717) is 0 Å². The molecule has 0 atom stereocenters. The molecule has 82 valence electrons. The van der Waals surface area contributed by atoms with Crippen LogP contribution in [0.5, 0.6) is 0 Å². The maximum absolute atomic E-state index is 9.25. The van der Waals surface area contributed by atoms with E-state index in [1.54, 1.807) is 12.4 Å². The lowest BCUT2D eigenvalue weighted by Gasteiger charge is -2.24. The molecule has 0 spiro atoms. The Kier molecular flexibility index (Phi) is 3.56. The first-order valence-corrected chi connectivity index (χ1v) is 5.70. The van der Waals surface area contributed by atoms with Gasteiger partial charge in [0.1, 0.15) is 0 Å². The number of rotatable bonds is 2. The van der Waals surface area contributed by atoms with Gasteiger partial charge in [0, 0.05) is 36.7 Å². The largest absolute Gasteiger partial charge is 0.392 e. The van der Waals surface area contributed by atoms with E-state index < -0.39 is 0 Å². The van der Waals surface area contributed by atoms with E-state index in [1.807, 2.05) is 6.07 Å². The molecule has 0 bridgehead atoms. The zero-order chi connectivity index (χ0) is 10.5. The molecule has 2 heterocycles. The lowest BCUT2D eigenvalue weighted by Crippen LogP contribution is -2.25. The van der Waals surface area contributed by atoms with Crippen LogP contribution in [0.3, 0.4) is 0 Å². The quantitative estimate of drug-likeness (QED) is 0.803. The van der Waals surface area contributed by atoms with Crippen molar-refractivity contribution in [3.63, 3.8) is 0 Å². The van der Waals surface area contributed by atoms with E-state index >= 15 is 0 Å². The summed E-state index contributed by atoms with van der Waals surface area (Å²) in [6, 6.07) is 2.01. The number of hydrogen-bond donors (Lipinski definition) is 1. The van der Waals surface area contributed by atoms with Crippen LogP contribution in [0.4, 0.5) is 5.69 Å². The van der Waals surface area contributed by atoms with E-state index in [-0.39, 0.29) is 6.61 Å². The molecule has 3 nitrogen and oxygen atoms in total. The van der Waals surface area contributed by atoms with Crippen LogP contribution in [-0.2, 0) is 6.61 Å². The molecule has 0 aromatic carbocycles. The fourth-order valence-electron chi connectivity index (χ4n) is 2.16. The number of aliphatic hydroxyl groups excluding tert-OH is 1. The minimum Gasteiger partial charge on any atom is -0.392 e. The average Bonchev–Trinajstić information content (AvgIpc) is 2.57. The third kappa shape index (κ3) is 2.48. The Morgan fingerprint density at radius 1 is 1.20 bits per heavy atom. The summed E-state index contributed by atoms with van der Waals surface area (Å²) in [5, 5.41) is 9.25. The van der Waals surface area contributed by atoms with Crippen molar-refractivity contribution in [2.45, 2.75) is 32.3 Å². The van der Waals surface area contributed by atoms with Gasteiger partial charge in [-0.3, -0.25) is 4.98 Å². The zero-order valence-corrected chi connectivity index (χ0v) is 9.02. The van der Waals surface area contributed by atoms with Crippen molar-refractivity contribution < 1.29 is 5.11 Å². The number of nitrogens with zero attached hydrogens (tertiary/aromatic N) is 2. The van der Waals surface area contributed by atoms with E-state index in [4.69, 9.17) is 0 Å². The van der Waals surface area contributed by atoms with Gasteiger partial charge in [0.25, 0.3) is 0 Å². The summed E-state index contributed by atoms with van der Waals surface area (Å²) in [7, 11) is 0. The Morgan fingerprint density at radius 3 is 2.60 bits per heavy atom. The lowest BCUT2D eigenvalue weighted by molar-refractivity contribution is 0.281. The lowest BCUT2D eigenvalue weighted by atomic mass is 10.2. The van der Waals surface area contributed by atoms with Crippen LogP contribution in [0.15, 0.2) is 18.5 Å². The molecular formula is C12H18N2O. The van der Waals surface area contributed by atoms with Crippen LogP contribution in [0, 0.1) is 0 Å². The van der Waals surface area contributed by atoms with Gasteiger partial charge in [-0.15, -0.1) is 0 Å². The number of anilines is 1. The SMILES string of the molecule is OCc1cnccc1N1CCCCCC1. The van der Waals surface area contributed by atoms with Gasteiger partial charge in [-0.25, -0.2) is 0 Å². The number of aliphatic hydroxyl groups is 1. The number of pyridine rings is 1. The average molecular weight is 206 g/mol. The summed E-state index contributed by atoms with van der Waals surface area (Å²) in [5.41, 5.74) is 2.11. The fourth-order valence-corrected chi connectivity index (χ4v) is 2.16. The van der Waals surface area contributed by atoms with Crippen molar-refractivity contribution in [3.8, 4) is 0 Å². The molecule has 15 heavy (non-hydrogen) atoms. The Balaban J connectivity index is 2.18. The topological polar surface area (TPSA) is 36.4 Å². The summed E-state index contributed by atoms with van der Waals surface area (Å²) in [5.74, 6) is 0. The number of hydrogen-bond acceptors (Lipinski definition) is 3. The van der Waals surface area contributed by atoms with Crippen molar-refractivity contribution in [2.75, 3.05) is 18.0 Å². The second-order valence-electron chi connectivity index (χ2n) is 4.06. The Labute approximate surface area is 90.8 Å². The monoisotopic (exact) mass is 206 g/mol. The minimum absolute atomic E-state index is 0.0830. The van der Waals surface area contributed by atoms with E-state index in [2.05, 4.69) is 9.88 Å². The highest BCUT2D eigenvalue weighted by molar-refractivity contribution is 5.51. The summed E-state index contributed by atoms with van der Waals surface area (Å²) < 4.78 is 0.